The molecule has 6 nitrogen and oxygen atoms in total. The van der Waals surface area contributed by atoms with E-state index in [1.807, 2.05) is 12.1 Å². The number of benzene rings is 1. The number of nitrogens with zero attached hydrogens (tertiary/aromatic N) is 3. The Bertz CT molecular complexity index is 980. The highest BCUT2D eigenvalue weighted by Gasteiger charge is 2.30. The Kier molecular flexibility index (Phi) is 5.71. The molecule has 6 heteroatoms. The third kappa shape index (κ3) is 5.09. The molecule has 0 bridgehead atoms. The first-order valence-corrected chi connectivity index (χ1v) is 10.00. The van der Waals surface area contributed by atoms with E-state index in [0.717, 1.165) is 12.1 Å². The molecular formula is C23H26N4O2. The SMILES string of the molecule is Cc1ccc(C)c(CN(Cc2nc(C(=O)NCc3cccnc3)co2)C2CC2)c1. The van der Waals surface area contributed by atoms with Gasteiger partial charge in [0.15, 0.2) is 5.69 Å². The van der Waals surface area contributed by atoms with Gasteiger partial charge in [-0.15, -0.1) is 0 Å². The van der Waals surface area contributed by atoms with Gasteiger partial charge >= 0.3 is 0 Å². The minimum Gasteiger partial charge on any atom is -0.447 e. The zero-order chi connectivity index (χ0) is 20.2. The van der Waals surface area contributed by atoms with Gasteiger partial charge in [-0.1, -0.05) is 29.8 Å². The first-order valence-electron chi connectivity index (χ1n) is 10.00. The molecule has 1 aliphatic rings. The molecule has 1 fully saturated rings. The van der Waals surface area contributed by atoms with E-state index in [0.29, 0.717) is 30.7 Å². The molecule has 1 aliphatic carbocycles. The van der Waals surface area contributed by atoms with Crippen molar-refractivity contribution >= 4 is 5.91 Å². The smallest absolute Gasteiger partial charge is 0.273 e. The number of hydrogen-bond donors (Lipinski definition) is 1. The zero-order valence-corrected chi connectivity index (χ0v) is 16.9. The van der Waals surface area contributed by atoms with Crippen molar-refractivity contribution in [3.05, 3.63) is 82.8 Å². The number of rotatable bonds is 8. The molecule has 1 aromatic carbocycles. The van der Waals surface area contributed by atoms with Crippen LogP contribution in [0.4, 0.5) is 0 Å². The maximum absolute atomic E-state index is 12.4. The van der Waals surface area contributed by atoms with Crippen molar-refractivity contribution in [2.75, 3.05) is 0 Å². The molecule has 0 saturated heterocycles. The molecule has 2 heterocycles. The quantitative estimate of drug-likeness (QED) is 0.634. The highest BCUT2D eigenvalue weighted by molar-refractivity contribution is 5.91. The summed E-state index contributed by atoms with van der Waals surface area (Å²) in [5.41, 5.74) is 5.15. The molecule has 1 saturated carbocycles. The van der Waals surface area contributed by atoms with E-state index in [1.54, 1.807) is 12.4 Å². The molecule has 1 N–H and O–H groups in total. The molecule has 0 unspecified atom stereocenters. The van der Waals surface area contributed by atoms with Gasteiger partial charge < -0.3 is 9.73 Å². The molecule has 0 radical (unpaired) electrons. The Hall–Kier alpha value is -2.99. The molecule has 4 rings (SSSR count). The number of pyridine rings is 1. The average molecular weight is 390 g/mol. The van der Waals surface area contributed by atoms with E-state index in [1.165, 1.54) is 35.8 Å². The Morgan fingerprint density at radius 3 is 2.86 bits per heavy atom. The van der Waals surface area contributed by atoms with Crippen molar-refractivity contribution in [1.29, 1.82) is 0 Å². The minimum absolute atomic E-state index is 0.239. The van der Waals surface area contributed by atoms with E-state index in [9.17, 15) is 4.79 Å². The van der Waals surface area contributed by atoms with Gasteiger partial charge in [0, 0.05) is 31.5 Å². The molecular weight excluding hydrogens is 364 g/mol. The fourth-order valence-electron chi connectivity index (χ4n) is 3.38. The summed E-state index contributed by atoms with van der Waals surface area (Å²) in [6, 6.07) is 10.9. The van der Waals surface area contributed by atoms with E-state index >= 15 is 0 Å². The molecule has 29 heavy (non-hydrogen) atoms. The average Bonchev–Trinajstić information content (AvgIpc) is 3.48. The van der Waals surface area contributed by atoms with Gasteiger partial charge in [-0.05, 0) is 49.4 Å². The van der Waals surface area contributed by atoms with Gasteiger partial charge in [0.25, 0.3) is 5.91 Å². The number of aromatic nitrogens is 2. The van der Waals surface area contributed by atoms with Crippen molar-refractivity contribution in [1.82, 2.24) is 20.2 Å². The van der Waals surface area contributed by atoms with E-state index in [-0.39, 0.29) is 5.91 Å². The molecule has 0 spiro atoms. The van der Waals surface area contributed by atoms with E-state index in [2.05, 4.69) is 52.2 Å². The predicted octanol–water partition coefficient (Wildman–Crippen LogP) is 3.78. The second-order valence-electron chi connectivity index (χ2n) is 7.74. The van der Waals surface area contributed by atoms with Gasteiger partial charge in [-0.25, -0.2) is 4.98 Å². The summed E-state index contributed by atoms with van der Waals surface area (Å²) in [4.78, 5) is 23.2. The second kappa shape index (κ2) is 8.57. The first-order chi connectivity index (χ1) is 14.1. The molecule has 150 valence electrons. The van der Waals surface area contributed by atoms with Crippen LogP contribution in [0.3, 0.4) is 0 Å². The van der Waals surface area contributed by atoms with Crippen LogP contribution >= 0.6 is 0 Å². The Morgan fingerprint density at radius 1 is 1.24 bits per heavy atom. The monoisotopic (exact) mass is 390 g/mol. The van der Waals surface area contributed by atoms with E-state index < -0.39 is 0 Å². The van der Waals surface area contributed by atoms with Crippen molar-refractivity contribution < 1.29 is 9.21 Å². The number of oxazole rings is 1. The van der Waals surface area contributed by atoms with Crippen LogP contribution in [-0.4, -0.2) is 26.8 Å². The van der Waals surface area contributed by atoms with Gasteiger partial charge in [0.2, 0.25) is 5.89 Å². The molecule has 3 aromatic rings. The van der Waals surface area contributed by atoms with Crippen molar-refractivity contribution in [2.24, 2.45) is 0 Å². The number of carbonyl (C=O) groups excluding carboxylic acids is 1. The second-order valence-corrected chi connectivity index (χ2v) is 7.74. The predicted molar refractivity (Wildman–Crippen MR) is 110 cm³/mol. The maximum atomic E-state index is 12.4. The van der Waals surface area contributed by atoms with Crippen LogP contribution in [0.25, 0.3) is 0 Å². The van der Waals surface area contributed by atoms with Gasteiger partial charge in [0.05, 0.1) is 6.54 Å². The van der Waals surface area contributed by atoms with Crippen LogP contribution in [0.2, 0.25) is 0 Å². The Balaban J connectivity index is 1.39. The van der Waals surface area contributed by atoms with Crippen LogP contribution in [0.15, 0.2) is 53.4 Å². The van der Waals surface area contributed by atoms with Crippen LogP contribution in [-0.2, 0) is 19.6 Å². The van der Waals surface area contributed by atoms with Crippen molar-refractivity contribution in [2.45, 2.75) is 52.4 Å². The normalized spacial score (nSPS) is 13.6. The lowest BCUT2D eigenvalue weighted by atomic mass is 10.1. The number of amides is 1. The molecule has 0 atom stereocenters. The van der Waals surface area contributed by atoms with Crippen molar-refractivity contribution in [3.63, 3.8) is 0 Å². The lowest BCUT2D eigenvalue weighted by Crippen LogP contribution is -2.26. The standard InChI is InChI=1S/C23H26N4O2/c1-16-5-6-17(2)19(10-16)13-27(20-7-8-20)14-22-26-21(15-29-22)23(28)25-12-18-4-3-9-24-11-18/h3-6,9-11,15,20H,7-8,12-14H2,1-2H3,(H,25,28). The highest BCUT2D eigenvalue weighted by atomic mass is 16.3. The molecule has 2 aromatic heterocycles. The van der Waals surface area contributed by atoms with Crippen LogP contribution in [0.5, 0.6) is 0 Å². The summed E-state index contributed by atoms with van der Waals surface area (Å²) in [6.45, 7) is 6.15. The fraction of sp³-hybridized carbons (Fsp3) is 0.348. The lowest BCUT2D eigenvalue weighted by molar-refractivity contribution is 0.0945. The Labute approximate surface area is 171 Å². The number of aryl methyl sites for hydroxylation is 2. The third-order valence-electron chi connectivity index (χ3n) is 5.24. The minimum atomic E-state index is -0.239. The van der Waals surface area contributed by atoms with Crippen molar-refractivity contribution in [3.8, 4) is 0 Å². The summed E-state index contributed by atoms with van der Waals surface area (Å²) < 4.78 is 5.61. The number of nitrogens with one attached hydrogen (secondary N) is 1. The summed E-state index contributed by atoms with van der Waals surface area (Å²) in [7, 11) is 0. The summed E-state index contributed by atoms with van der Waals surface area (Å²) in [6.07, 6.45) is 7.28. The number of hydrogen-bond acceptors (Lipinski definition) is 5. The highest BCUT2D eigenvalue weighted by Crippen LogP contribution is 2.30. The maximum Gasteiger partial charge on any atom is 0.273 e. The summed E-state index contributed by atoms with van der Waals surface area (Å²) in [5, 5.41) is 2.86. The number of carbonyl (C=O) groups is 1. The summed E-state index contributed by atoms with van der Waals surface area (Å²) in [5.74, 6) is 0.338. The topological polar surface area (TPSA) is 71.3 Å². The zero-order valence-electron chi connectivity index (χ0n) is 16.9. The van der Waals surface area contributed by atoms with Gasteiger partial charge in [-0.3, -0.25) is 14.7 Å². The summed E-state index contributed by atoms with van der Waals surface area (Å²) >= 11 is 0. The largest absolute Gasteiger partial charge is 0.447 e. The first kappa shape index (κ1) is 19.3. The van der Waals surface area contributed by atoms with Crippen LogP contribution in [0, 0.1) is 13.8 Å². The Morgan fingerprint density at radius 2 is 2.10 bits per heavy atom. The lowest BCUT2D eigenvalue weighted by Gasteiger charge is -2.21. The fourth-order valence-corrected chi connectivity index (χ4v) is 3.38. The third-order valence-corrected chi connectivity index (χ3v) is 5.24. The van der Waals surface area contributed by atoms with Gasteiger partial charge in [-0.2, -0.15) is 0 Å². The van der Waals surface area contributed by atoms with Gasteiger partial charge in [0.1, 0.15) is 6.26 Å². The van der Waals surface area contributed by atoms with Crippen LogP contribution in [0.1, 0.15) is 51.5 Å². The molecule has 1 amide bonds. The van der Waals surface area contributed by atoms with E-state index in [4.69, 9.17) is 4.42 Å². The van der Waals surface area contributed by atoms with Crippen LogP contribution < -0.4 is 5.32 Å². The molecule has 0 aliphatic heterocycles.